The van der Waals surface area contributed by atoms with Crippen molar-refractivity contribution in [2.24, 2.45) is 0 Å². The van der Waals surface area contributed by atoms with Crippen LogP contribution in [0.25, 0.3) is 0 Å². The fraction of sp³-hybridized carbons (Fsp3) is 0.800. The molecule has 0 aromatic carbocycles. The number of fused-ring (bicyclic) bond motifs is 3. The predicted octanol–water partition coefficient (Wildman–Crippen LogP) is 1.83. The van der Waals surface area contributed by atoms with E-state index in [0.717, 1.165) is 38.5 Å². The van der Waals surface area contributed by atoms with Crippen molar-refractivity contribution < 1.29 is 9.47 Å². The first-order chi connectivity index (χ1) is 6.74. The van der Waals surface area contributed by atoms with E-state index in [2.05, 4.69) is 0 Å². The highest BCUT2D eigenvalue weighted by Crippen LogP contribution is 2.50. The van der Waals surface area contributed by atoms with E-state index in [1.807, 2.05) is 0 Å². The van der Waals surface area contributed by atoms with Crippen LogP contribution < -0.4 is 0 Å². The van der Waals surface area contributed by atoms with Crippen molar-refractivity contribution in [3.8, 4) is 12.5 Å². The summed E-state index contributed by atoms with van der Waals surface area (Å²) in [7, 11) is 0. The maximum atomic E-state index is 8.54. The Hall–Kier alpha value is -1.42. The second-order valence-electron chi connectivity index (χ2n) is 4.25. The zero-order chi connectivity index (χ0) is 10.1. The third-order valence-corrected chi connectivity index (χ3v) is 3.63. The normalized spacial score (nSPS) is 39.6. The van der Waals surface area contributed by atoms with Crippen LogP contribution in [0.2, 0.25) is 0 Å². The van der Waals surface area contributed by atoms with Crippen LogP contribution in [0.3, 0.4) is 0 Å². The molecule has 3 saturated carbocycles. The van der Waals surface area contributed by atoms with Crippen molar-refractivity contribution in [2.75, 3.05) is 0 Å². The van der Waals surface area contributed by atoms with Crippen LogP contribution in [0.15, 0.2) is 0 Å². The summed E-state index contributed by atoms with van der Waals surface area (Å²) in [6, 6.07) is 0. The standard InChI is InChI=1S/C10H12N2O2/c11-7-13-9-1-2-10(5-3-9,6-4-9)14-8-12/h1-6H2. The molecule has 3 aliphatic rings. The van der Waals surface area contributed by atoms with Gasteiger partial charge in [0.05, 0.1) is 0 Å². The number of rotatable bonds is 2. The van der Waals surface area contributed by atoms with Gasteiger partial charge in [-0.1, -0.05) is 0 Å². The molecule has 0 aromatic heterocycles. The molecule has 0 N–H and O–H groups in total. The molecule has 4 heteroatoms. The highest BCUT2D eigenvalue weighted by atomic mass is 16.5. The first-order valence-electron chi connectivity index (χ1n) is 4.89. The van der Waals surface area contributed by atoms with E-state index in [-0.39, 0.29) is 11.2 Å². The van der Waals surface area contributed by atoms with Gasteiger partial charge in [0.2, 0.25) is 0 Å². The summed E-state index contributed by atoms with van der Waals surface area (Å²) in [5, 5.41) is 17.1. The lowest BCUT2D eigenvalue weighted by Gasteiger charge is -2.49. The molecular weight excluding hydrogens is 180 g/mol. The van der Waals surface area contributed by atoms with Crippen molar-refractivity contribution in [1.29, 1.82) is 10.5 Å². The SMILES string of the molecule is N#COC12CCC(OC#N)(CC1)CC2. The Kier molecular flexibility index (Phi) is 2.00. The molecule has 3 aliphatic carbocycles. The monoisotopic (exact) mass is 192 g/mol. The molecular formula is C10H12N2O2. The Labute approximate surface area is 83.0 Å². The minimum absolute atomic E-state index is 0.241. The maximum Gasteiger partial charge on any atom is 0.286 e. The zero-order valence-electron chi connectivity index (χ0n) is 7.95. The Morgan fingerprint density at radius 1 is 0.714 bits per heavy atom. The largest absolute Gasteiger partial charge is 0.421 e. The molecule has 0 radical (unpaired) electrons. The number of hydrogen-bond acceptors (Lipinski definition) is 4. The van der Waals surface area contributed by atoms with E-state index >= 15 is 0 Å². The predicted molar refractivity (Wildman–Crippen MR) is 46.6 cm³/mol. The van der Waals surface area contributed by atoms with Crippen LogP contribution in [0, 0.1) is 23.0 Å². The average molecular weight is 192 g/mol. The Balaban J connectivity index is 2.07. The minimum atomic E-state index is -0.241. The maximum absolute atomic E-state index is 8.54. The number of hydrogen-bond donors (Lipinski definition) is 0. The quantitative estimate of drug-likeness (QED) is 0.626. The average Bonchev–Trinajstić information content (AvgIpc) is 2.22. The Morgan fingerprint density at radius 3 is 1.21 bits per heavy atom. The summed E-state index contributed by atoms with van der Waals surface area (Å²) in [4.78, 5) is 0. The van der Waals surface area contributed by atoms with E-state index < -0.39 is 0 Å². The molecule has 3 rings (SSSR count). The van der Waals surface area contributed by atoms with Gasteiger partial charge in [0.15, 0.2) is 0 Å². The van der Waals surface area contributed by atoms with Gasteiger partial charge >= 0.3 is 0 Å². The van der Waals surface area contributed by atoms with Crippen LogP contribution in [0.4, 0.5) is 0 Å². The lowest BCUT2D eigenvalue weighted by molar-refractivity contribution is -0.136. The molecule has 74 valence electrons. The summed E-state index contributed by atoms with van der Waals surface area (Å²) in [5.74, 6) is 0. The number of nitrogens with zero attached hydrogens (tertiary/aromatic N) is 2. The van der Waals surface area contributed by atoms with Crippen molar-refractivity contribution in [1.82, 2.24) is 0 Å². The number of nitriles is 2. The van der Waals surface area contributed by atoms with Crippen molar-refractivity contribution in [3.05, 3.63) is 0 Å². The molecule has 0 aromatic rings. The second kappa shape index (κ2) is 3.06. The highest BCUT2D eigenvalue weighted by Gasteiger charge is 2.52. The zero-order valence-corrected chi connectivity index (χ0v) is 7.95. The first kappa shape index (κ1) is 9.15. The second-order valence-corrected chi connectivity index (χ2v) is 4.25. The Bertz CT molecular complexity index is 257. The molecule has 0 amide bonds. The fourth-order valence-corrected chi connectivity index (χ4v) is 2.62. The third kappa shape index (κ3) is 1.28. The van der Waals surface area contributed by atoms with Gasteiger partial charge in [0.25, 0.3) is 12.5 Å². The molecule has 3 fully saturated rings. The van der Waals surface area contributed by atoms with Crippen molar-refractivity contribution >= 4 is 0 Å². The third-order valence-electron chi connectivity index (χ3n) is 3.63. The molecule has 4 nitrogen and oxygen atoms in total. The van der Waals surface area contributed by atoms with Crippen LogP contribution in [-0.4, -0.2) is 11.2 Å². The molecule has 0 unspecified atom stereocenters. The highest BCUT2D eigenvalue weighted by molar-refractivity contribution is 5.04. The number of ether oxygens (including phenoxy) is 2. The summed E-state index contributed by atoms with van der Waals surface area (Å²) >= 11 is 0. The fourth-order valence-electron chi connectivity index (χ4n) is 2.62. The van der Waals surface area contributed by atoms with Crippen molar-refractivity contribution in [3.63, 3.8) is 0 Å². The first-order valence-corrected chi connectivity index (χ1v) is 4.89. The van der Waals surface area contributed by atoms with Crippen LogP contribution in [-0.2, 0) is 9.47 Å². The lowest BCUT2D eigenvalue weighted by atomic mass is 9.65. The summed E-state index contributed by atoms with van der Waals surface area (Å²) in [5.41, 5.74) is -0.482. The summed E-state index contributed by atoms with van der Waals surface area (Å²) in [6.45, 7) is 0. The van der Waals surface area contributed by atoms with Gasteiger partial charge in [-0.3, -0.25) is 0 Å². The van der Waals surface area contributed by atoms with Crippen LogP contribution in [0.5, 0.6) is 0 Å². The van der Waals surface area contributed by atoms with Gasteiger partial charge < -0.3 is 9.47 Å². The molecule has 0 spiro atoms. The van der Waals surface area contributed by atoms with E-state index in [9.17, 15) is 0 Å². The molecule has 0 aliphatic heterocycles. The molecule has 0 saturated heterocycles. The van der Waals surface area contributed by atoms with Gasteiger partial charge in [-0.15, -0.1) is 0 Å². The Morgan fingerprint density at radius 2 is 1.00 bits per heavy atom. The summed E-state index contributed by atoms with van der Waals surface area (Å²) in [6.07, 6.45) is 8.60. The molecule has 2 bridgehead atoms. The van der Waals surface area contributed by atoms with E-state index in [4.69, 9.17) is 20.0 Å². The van der Waals surface area contributed by atoms with Crippen molar-refractivity contribution in [2.45, 2.75) is 49.7 Å². The van der Waals surface area contributed by atoms with Gasteiger partial charge in [0, 0.05) is 0 Å². The van der Waals surface area contributed by atoms with Crippen LogP contribution in [0.1, 0.15) is 38.5 Å². The molecule has 14 heavy (non-hydrogen) atoms. The van der Waals surface area contributed by atoms with Crippen LogP contribution >= 0.6 is 0 Å². The minimum Gasteiger partial charge on any atom is -0.421 e. The van der Waals surface area contributed by atoms with Gasteiger partial charge in [-0.05, 0) is 38.5 Å². The molecule has 0 atom stereocenters. The smallest absolute Gasteiger partial charge is 0.286 e. The topological polar surface area (TPSA) is 66.0 Å². The van der Waals surface area contributed by atoms with E-state index in [1.165, 1.54) is 0 Å². The summed E-state index contributed by atoms with van der Waals surface area (Å²) < 4.78 is 10.3. The van der Waals surface area contributed by atoms with Gasteiger partial charge in [0.1, 0.15) is 11.2 Å². The lowest BCUT2D eigenvalue weighted by Crippen LogP contribution is -2.51. The van der Waals surface area contributed by atoms with E-state index in [0.29, 0.717) is 0 Å². The van der Waals surface area contributed by atoms with Gasteiger partial charge in [-0.25, -0.2) is 0 Å². The van der Waals surface area contributed by atoms with E-state index in [1.54, 1.807) is 12.5 Å². The van der Waals surface area contributed by atoms with Gasteiger partial charge in [-0.2, -0.15) is 10.5 Å². The molecule has 0 heterocycles.